The van der Waals surface area contributed by atoms with Gasteiger partial charge >= 0.3 is 0 Å². The largest absolute Gasteiger partial charge is 0.494 e. The Kier molecular flexibility index (Phi) is 5.66. The van der Waals surface area contributed by atoms with Crippen molar-refractivity contribution >= 4 is 34.2 Å². The second kappa shape index (κ2) is 8.71. The van der Waals surface area contributed by atoms with Crippen LogP contribution >= 0.6 is 0 Å². The van der Waals surface area contributed by atoms with Crippen LogP contribution in [0.15, 0.2) is 77.2 Å². The van der Waals surface area contributed by atoms with Crippen molar-refractivity contribution in [1.29, 1.82) is 0 Å². The van der Waals surface area contributed by atoms with Gasteiger partial charge in [0.25, 0.3) is 11.8 Å². The Morgan fingerprint density at radius 1 is 0.903 bits per heavy atom. The summed E-state index contributed by atoms with van der Waals surface area (Å²) in [5, 5.41) is 5.90. The highest BCUT2D eigenvalue weighted by Crippen LogP contribution is 2.32. The van der Waals surface area contributed by atoms with Crippen LogP contribution in [0.2, 0.25) is 0 Å². The fourth-order valence-electron chi connectivity index (χ4n) is 3.14. The van der Waals surface area contributed by atoms with Crippen LogP contribution in [0.3, 0.4) is 0 Å². The van der Waals surface area contributed by atoms with Crippen LogP contribution in [0.25, 0.3) is 11.0 Å². The molecule has 1 aromatic heterocycles. The molecule has 2 amide bonds. The minimum atomic E-state index is -0.681. The average Bonchev–Trinajstić information content (AvgIpc) is 3.14. The van der Waals surface area contributed by atoms with Gasteiger partial charge in [-0.25, -0.2) is 4.39 Å². The summed E-state index contributed by atoms with van der Waals surface area (Å²) in [6.45, 7) is 2.42. The number of carbonyl (C=O) groups is 2. The quantitative estimate of drug-likeness (QED) is 0.435. The molecule has 0 spiro atoms. The lowest BCUT2D eigenvalue weighted by Gasteiger charge is -2.09. The molecule has 3 aromatic carbocycles. The Morgan fingerprint density at radius 2 is 1.61 bits per heavy atom. The Labute approximate surface area is 177 Å². The molecule has 0 fully saturated rings. The predicted octanol–water partition coefficient (Wildman–Crippen LogP) is 5.48. The number of nitrogens with one attached hydrogen (secondary N) is 2. The van der Waals surface area contributed by atoms with Crippen LogP contribution in [-0.4, -0.2) is 18.4 Å². The van der Waals surface area contributed by atoms with E-state index in [1.54, 1.807) is 54.6 Å². The van der Waals surface area contributed by atoms with Gasteiger partial charge in [0.05, 0.1) is 12.2 Å². The third kappa shape index (κ3) is 4.25. The fourth-order valence-corrected chi connectivity index (χ4v) is 3.14. The van der Waals surface area contributed by atoms with E-state index in [1.807, 2.05) is 6.92 Å². The lowest BCUT2D eigenvalue weighted by Crippen LogP contribution is -2.18. The normalized spacial score (nSPS) is 10.6. The second-order valence-corrected chi connectivity index (χ2v) is 6.65. The maximum atomic E-state index is 14.0. The number of rotatable bonds is 6. The number of amides is 2. The van der Waals surface area contributed by atoms with Crippen molar-refractivity contribution in [3.8, 4) is 5.75 Å². The van der Waals surface area contributed by atoms with Crippen molar-refractivity contribution in [3.05, 3.63) is 89.9 Å². The van der Waals surface area contributed by atoms with Gasteiger partial charge in [-0.2, -0.15) is 0 Å². The molecule has 1 heterocycles. The lowest BCUT2D eigenvalue weighted by atomic mass is 10.1. The van der Waals surface area contributed by atoms with E-state index in [1.165, 1.54) is 18.2 Å². The standard InChI is InChI=1S/C24H19FN2O4/c1-2-30-16-13-11-15(12-14-16)26-24(29)22-21(18-8-4-6-10-20(18)31-22)27-23(28)17-7-3-5-9-19(17)25/h3-14H,2H2,1H3,(H,26,29)(H,27,28). The molecule has 0 aliphatic heterocycles. The van der Waals surface area contributed by atoms with E-state index in [4.69, 9.17) is 9.15 Å². The number of anilines is 2. The molecule has 4 aromatic rings. The minimum Gasteiger partial charge on any atom is -0.494 e. The number of hydrogen-bond donors (Lipinski definition) is 2. The number of furan rings is 1. The Balaban J connectivity index is 1.65. The number of fused-ring (bicyclic) bond motifs is 1. The van der Waals surface area contributed by atoms with Gasteiger partial charge in [-0.15, -0.1) is 0 Å². The highest BCUT2D eigenvalue weighted by atomic mass is 19.1. The van der Waals surface area contributed by atoms with E-state index < -0.39 is 17.6 Å². The summed E-state index contributed by atoms with van der Waals surface area (Å²) >= 11 is 0. The van der Waals surface area contributed by atoms with Crippen molar-refractivity contribution in [1.82, 2.24) is 0 Å². The van der Waals surface area contributed by atoms with Gasteiger partial charge in [0.1, 0.15) is 22.8 Å². The van der Waals surface area contributed by atoms with Crippen molar-refractivity contribution < 1.29 is 23.1 Å². The van der Waals surface area contributed by atoms with Crippen LogP contribution in [0, 0.1) is 5.82 Å². The molecule has 0 bridgehead atoms. The molecule has 0 radical (unpaired) electrons. The van der Waals surface area contributed by atoms with Gasteiger partial charge in [0, 0.05) is 11.1 Å². The van der Waals surface area contributed by atoms with Crippen molar-refractivity contribution in [2.45, 2.75) is 6.92 Å². The zero-order valence-corrected chi connectivity index (χ0v) is 16.6. The Morgan fingerprint density at radius 3 is 2.35 bits per heavy atom. The monoisotopic (exact) mass is 418 g/mol. The van der Waals surface area contributed by atoms with Crippen LogP contribution in [0.1, 0.15) is 27.8 Å². The number of carbonyl (C=O) groups excluding carboxylic acids is 2. The first-order valence-electron chi connectivity index (χ1n) is 9.68. The smallest absolute Gasteiger partial charge is 0.293 e. The third-order valence-corrected chi connectivity index (χ3v) is 4.58. The molecule has 0 aliphatic carbocycles. The molecule has 2 N–H and O–H groups in total. The predicted molar refractivity (Wildman–Crippen MR) is 116 cm³/mol. The SMILES string of the molecule is CCOc1ccc(NC(=O)c2oc3ccccc3c2NC(=O)c2ccccc2F)cc1. The number of para-hydroxylation sites is 1. The van der Waals surface area contributed by atoms with E-state index in [0.717, 1.165) is 0 Å². The number of halogens is 1. The Bertz CT molecular complexity index is 1250. The molecule has 0 unspecified atom stereocenters. The van der Waals surface area contributed by atoms with Gasteiger partial charge in [-0.05, 0) is 55.5 Å². The zero-order chi connectivity index (χ0) is 21.8. The highest BCUT2D eigenvalue weighted by molar-refractivity contribution is 6.16. The molecule has 0 aliphatic rings. The molecule has 156 valence electrons. The van der Waals surface area contributed by atoms with Gasteiger partial charge in [-0.1, -0.05) is 24.3 Å². The van der Waals surface area contributed by atoms with Gasteiger partial charge in [-0.3, -0.25) is 9.59 Å². The molecule has 0 saturated carbocycles. The molecule has 0 atom stereocenters. The molecule has 31 heavy (non-hydrogen) atoms. The van der Waals surface area contributed by atoms with Gasteiger partial charge < -0.3 is 19.8 Å². The first kappa shape index (κ1) is 20.2. The summed E-state index contributed by atoms with van der Waals surface area (Å²) in [4.78, 5) is 25.6. The van der Waals surface area contributed by atoms with E-state index in [0.29, 0.717) is 29.0 Å². The van der Waals surface area contributed by atoms with Crippen molar-refractivity contribution in [2.75, 3.05) is 17.2 Å². The van der Waals surface area contributed by atoms with Crippen LogP contribution < -0.4 is 15.4 Å². The third-order valence-electron chi connectivity index (χ3n) is 4.58. The van der Waals surface area contributed by atoms with Crippen LogP contribution in [0.5, 0.6) is 5.75 Å². The van der Waals surface area contributed by atoms with Gasteiger partial charge in [0.15, 0.2) is 0 Å². The molecule has 0 saturated heterocycles. The first-order chi connectivity index (χ1) is 15.1. The first-order valence-corrected chi connectivity index (χ1v) is 9.68. The number of hydrogen-bond acceptors (Lipinski definition) is 4. The zero-order valence-electron chi connectivity index (χ0n) is 16.6. The van der Waals surface area contributed by atoms with E-state index in [-0.39, 0.29) is 17.0 Å². The lowest BCUT2D eigenvalue weighted by molar-refractivity contribution is 0.0999. The molecule has 4 rings (SSSR count). The van der Waals surface area contributed by atoms with Crippen LogP contribution in [0.4, 0.5) is 15.8 Å². The highest BCUT2D eigenvalue weighted by Gasteiger charge is 2.23. The van der Waals surface area contributed by atoms with Crippen molar-refractivity contribution in [2.24, 2.45) is 0 Å². The molecule has 6 nitrogen and oxygen atoms in total. The summed E-state index contributed by atoms with van der Waals surface area (Å²) in [5.74, 6) is -1.29. The molecule has 7 heteroatoms. The molecular weight excluding hydrogens is 399 g/mol. The second-order valence-electron chi connectivity index (χ2n) is 6.65. The Hall–Kier alpha value is -4.13. The topological polar surface area (TPSA) is 80.6 Å². The summed E-state index contributed by atoms with van der Waals surface area (Å²) in [5.41, 5.74) is 0.987. The minimum absolute atomic E-state index is 0.0835. The fraction of sp³-hybridized carbons (Fsp3) is 0.0833. The maximum Gasteiger partial charge on any atom is 0.293 e. The van der Waals surface area contributed by atoms with Crippen molar-refractivity contribution in [3.63, 3.8) is 0 Å². The van der Waals surface area contributed by atoms with E-state index in [9.17, 15) is 14.0 Å². The summed E-state index contributed by atoms with van der Waals surface area (Å²) in [6, 6.07) is 19.4. The average molecular weight is 418 g/mol. The number of ether oxygens (including phenoxy) is 1. The van der Waals surface area contributed by atoms with Gasteiger partial charge in [0.2, 0.25) is 5.76 Å². The van der Waals surface area contributed by atoms with E-state index in [2.05, 4.69) is 10.6 Å². The summed E-state index contributed by atoms with van der Waals surface area (Å²) in [6.07, 6.45) is 0. The number of benzene rings is 3. The van der Waals surface area contributed by atoms with Crippen LogP contribution in [-0.2, 0) is 0 Å². The summed E-state index contributed by atoms with van der Waals surface area (Å²) < 4.78 is 25.2. The molecular formula is C24H19FN2O4. The maximum absolute atomic E-state index is 14.0. The summed E-state index contributed by atoms with van der Waals surface area (Å²) in [7, 11) is 0. The van der Waals surface area contributed by atoms with E-state index >= 15 is 0 Å².